The molecule has 1 saturated carbocycles. The highest BCUT2D eigenvalue weighted by molar-refractivity contribution is 7.12. The van der Waals surface area contributed by atoms with Crippen molar-refractivity contribution in [2.45, 2.75) is 88.2 Å². The first kappa shape index (κ1) is 26.4. The summed E-state index contributed by atoms with van der Waals surface area (Å²) in [7, 11) is 0. The summed E-state index contributed by atoms with van der Waals surface area (Å²) in [5.41, 5.74) is 7.35. The maximum Gasteiger partial charge on any atom is 0.264 e. The fraction of sp³-hybridized carbons (Fsp3) is 0.586. The number of carbonyl (C=O) groups is 2. The molecule has 0 bridgehead atoms. The third-order valence-corrected chi connectivity index (χ3v) is 9.05. The summed E-state index contributed by atoms with van der Waals surface area (Å²) < 4.78 is 6.01. The highest BCUT2D eigenvalue weighted by atomic mass is 32.1. The molecule has 7 nitrogen and oxygen atoms in total. The molecule has 1 aliphatic carbocycles. The maximum atomic E-state index is 13.7. The van der Waals surface area contributed by atoms with E-state index in [1.807, 2.05) is 28.5 Å². The zero-order chi connectivity index (χ0) is 25.6. The number of nitrogens with one attached hydrogen (secondary N) is 1. The van der Waals surface area contributed by atoms with Crippen molar-refractivity contribution in [1.29, 1.82) is 0 Å². The lowest BCUT2D eigenvalue weighted by atomic mass is 9.90. The van der Waals surface area contributed by atoms with Crippen molar-refractivity contribution >= 4 is 23.2 Å². The zero-order valence-electron chi connectivity index (χ0n) is 21.6. The second-order valence-electron chi connectivity index (χ2n) is 10.8. The van der Waals surface area contributed by atoms with Gasteiger partial charge in [-0.1, -0.05) is 36.4 Å². The lowest BCUT2D eigenvalue weighted by Crippen LogP contribution is -2.59. The van der Waals surface area contributed by atoms with Crippen LogP contribution in [0.5, 0.6) is 0 Å². The van der Waals surface area contributed by atoms with Crippen LogP contribution in [0.25, 0.3) is 0 Å². The quantitative estimate of drug-likeness (QED) is 0.549. The zero-order valence-corrected chi connectivity index (χ0v) is 22.4. The maximum absolute atomic E-state index is 13.7. The van der Waals surface area contributed by atoms with Crippen LogP contribution in [-0.4, -0.2) is 71.6 Å². The van der Waals surface area contributed by atoms with Gasteiger partial charge in [-0.2, -0.15) is 0 Å². The van der Waals surface area contributed by atoms with Crippen LogP contribution in [-0.2, 0) is 16.1 Å². The van der Waals surface area contributed by atoms with E-state index < -0.39 is 6.04 Å². The van der Waals surface area contributed by atoms with E-state index in [9.17, 15) is 9.59 Å². The predicted molar refractivity (Wildman–Crippen MR) is 146 cm³/mol. The number of rotatable bonds is 8. The van der Waals surface area contributed by atoms with Crippen LogP contribution in [0, 0.1) is 0 Å². The van der Waals surface area contributed by atoms with Crippen LogP contribution in [0.2, 0.25) is 0 Å². The van der Waals surface area contributed by atoms with Gasteiger partial charge in [0.2, 0.25) is 5.91 Å². The van der Waals surface area contributed by atoms with Crippen molar-refractivity contribution in [3.63, 3.8) is 0 Å². The Bertz CT molecular complexity index is 1000. The largest absolute Gasteiger partial charge is 0.377 e. The number of piperidine rings is 1. The standard InChI is InChI=1S/C29H40N4O3S/c30-22-10-12-23(13-11-22)31-28(34)26-18-24(14-15-33(26)29(35)27-9-5-17-37-27)32(20-25-8-4-16-36-25)19-21-6-2-1-3-7-21/h1-3,5-7,9,17,22-26H,4,8,10-16,18-20,30H2,(H,31,34)/t22?,23?,24?,25?,26-/m1/s1. The van der Waals surface area contributed by atoms with E-state index in [-0.39, 0.29) is 36.0 Å². The van der Waals surface area contributed by atoms with E-state index in [0.29, 0.717) is 17.8 Å². The van der Waals surface area contributed by atoms with Crippen molar-refractivity contribution in [1.82, 2.24) is 15.1 Å². The molecule has 3 heterocycles. The van der Waals surface area contributed by atoms with Gasteiger partial charge in [0.25, 0.3) is 5.91 Å². The van der Waals surface area contributed by atoms with Crippen molar-refractivity contribution in [2.24, 2.45) is 5.73 Å². The Morgan fingerprint density at radius 3 is 2.57 bits per heavy atom. The molecule has 2 amide bonds. The van der Waals surface area contributed by atoms with Crippen LogP contribution in [0.1, 0.15) is 66.6 Å². The number of nitrogens with zero attached hydrogens (tertiary/aromatic N) is 2. The number of thiophene rings is 1. The smallest absolute Gasteiger partial charge is 0.264 e. The summed E-state index contributed by atoms with van der Waals surface area (Å²) in [6.45, 7) is 3.08. The molecule has 1 aromatic carbocycles. The minimum Gasteiger partial charge on any atom is -0.377 e. The van der Waals surface area contributed by atoms with Gasteiger partial charge in [-0.05, 0) is 68.4 Å². The third-order valence-electron chi connectivity index (χ3n) is 8.20. The molecule has 0 radical (unpaired) electrons. The van der Waals surface area contributed by atoms with E-state index in [0.717, 1.165) is 64.6 Å². The van der Waals surface area contributed by atoms with E-state index in [1.54, 1.807) is 0 Å². The molecule has 2 saturated heterocycles. The third kappa shape index (κ3) is 6.79. The first-order valence-corrected chi connectivity index (χ1v) is 14.7. The molecule has 37 heavy (non-hydrogen) atoms. The molecule has 200 valence electrons. The van der Waals surface area contributed by atoms with Crippen LogP contribution in [0.15, 0.2) is 47.8 Å². The topological polar surface area (TPSA) is 87.9 Å². The Morgan fingerprint density at radius 1 is 1.05 bits per heavy atom. The van der Waals surface area contributed by atoms with Crippen LogP contribution < -0.4 is 11.1 Å². The van der Waals surface area contributed by atoms with Gasteiger partial charge in [0.05, 0.1) is 11.0 Å². The van der Waals surface area contributed by atoms with Crippen molar-refractivity contribution in [3.05, 3.63) is 58.3 Å². The second kappa shape index (κ2) is 12.5. The van der Waals surface area contributed by atoms with E-state index in [1.165, 1.54) is 16.9 Å². The Hall–Kier alpha value is -2.26. The molecule has 2 aromatic rings. The van der Waals surface area contributed by atoms with Crippen molar-refractivity contribution < 1.29 is 14.3 Å². The number of carbonyl (C=O) groups excluding carboxylic acids is 2. The average molecular weight is 525 g/mol. The predicted octanol–water partition coefficient (Wildman–Crippen LogP) is 3.79. The molecule has 2 aliphatic heterocycles. The summed E-state index contributed by atoms with van der Waals surface area (Å²) in [5.74, 6) is -0.0557. The minimum atomic E-state index is -0.480. The summed E-state index contributed by atoms with van der Waals surface area (Å²) >= 11 is 1.44. The van der Waals surface area contributed by atoms with Gasteiger partial charge in [-0.3, -0.25) is 14.5 Å². The summed E-state index contributed by atoms with van der Waals surface area (Å²) in [6.07, 6.45) is 7.57. The SMILES string of the molecule is NC1CCC(NC(=O)[C@H]2CC(N(Cc3ccccc3)CC3CCCO3)CCN2C(=O)c2cccs2)CC1. The molecule has 3 atom stereocenters. The fourth-order valence-electron chi connectivity index (χ4n) is 6.08. The average Bonchev–Trinajstić information content (AvgIpc) is 3.64. The van der Waals surface area contributed by atoms with Gasteiger partial charge in [0.15, 0.2) is 0 Å². The van der Waals surface area contributed by atoms with E-state index >= 15 is 0 Å². The fourth-order valence-corrected chi connectivity index (χ4v) is 6.76. The number of hydrogen-bond donors (Lipinski definition) is 2. The minimum absolute atomic E-state index is 0.0214. The molecule has 2 unspecified atom stereocenters. The van der Waals surface area contributed by atoms with Gasteiger partial charge >= 0.3 is 0 Å². The van der Waals surface area contributed by atoms with Crippen molar-refractivity contribution in [2.75, 3.05) is 19.7 Å². The molecule has 1 aromatic heterocycles. The first-order chi connectivity index (χ1) is 18.1. The number of nitrogens with two attached hydrogens (primary N) is 1. The Labute approximate surface area is 224 Å². The number of likely N-dealkylation sites (tertiary alicyclic amines) is 1. The first-order valence-electron chi connectivity index (χ1n) is 13.9. The highest BCUT2D eigenvalue weighted by Crippen LogP contribution is 2.28. The molecule has 3 aliphatic rings. The molecule has 3 fully saturated rings. The monoisotopic (exact) mass is 524 g/mol. The molecule has 3 N–H and O–H groups in total. The molecule has 5 rings (SSSR count). The van der Waals surface area contributed by atoms with Gasteiger partial charge in [0.1, 0.15) is 6.04 Å². The number of benzene rings is 1. The van der Waals surface area contributed by atoms with Gasteiger partial charge < -0.3 is 20.7 Å². The van der Waals surface area contributed by atoms with E-state index in [4.69, 9.17) is 10.5 Å². The van der Waals surface area contributed by atoms with Crippen LogP contribution in [0.3, 0.4) is 0 Å². The molecular weight excluding hydrogens is 484 g/mol. The Kier molecular flexibility index (Phi) is 8.92. The van der Waals surface area contributed by atoms with Crippen LogP contribution in [0.4, 0.5) is 0 Å². The summed E-state index contributed by atoms with van der Waals surface area (Å²) in [6, 6.07) is 14.4. The van der Waals surface area contributed by atoms with Crippen LogP contribution >= 0.6 is 11.3 Å². The van der Waals surface area contributed by atoms with Gasteiger partial charge in [-0.15, -0.1) is 11.3 Å². The molecule has 0 spiro atoms. The Morgan fingerprint density at radius 2 is 1.86 bits per heavy atom. The summed E-state index contributed by atoms with van der Waals surface area (Å²) in [5, 5.41) is 5.21. The lowest BCUT2D eigenvalue weighted by Gasteiger charge is -2.43. The summed E-state index contributed by atoms with van der Waals surface area (Å²) in [4.78, 5) is 32.2. The number of amides is 2. The van der Waals surface area contributed by atoms with E-state index in [2.05, 4.69) is 34.5 Å². The van der Waals surface area contributed by atoms with Gasteiger partial charge in [-0.25, -0.2) is 0 Å². The number of ether oxygens (including phenoxy) is 1. The van der Waals surface area contributed by atoms with Gasteiger partial charge in [0, 0.05) is 44.4 Å². The normalized spacial score (nSPS) is 28.4. The lowest BCUT2D eigenvalue weighted by molar-refractivity contribution is -0.128. The van der Waals surface area contributed by atoms with Crippen molar-refractivity contribution in [3.8, 4) is 0 Å². The second-order valence-corrected chi connectivity index (χ2v) is 11.8. The molecule has 8 heteroatoms. The molecular formula is C29H40N4O3S. The number of hydrogen-bond acceptors (Lipinski definition) is 6. The Balaban J connectivity index is 1.34. The highest BCUT2D eigenvalue weighted by Gasteiger charge is 2.40.